The molecule has 0 aliphatic heterocycles. The first kappa shape index (κ1) is 17.9. The highest BCUT2D eigenvalue weighted by Gasteiger charge is 2.21. The van der Waals surface area contributed by atoms with E-state index in [1.165, 1.54) is 0 Å². The molecular weight excluding hydrogens is 362 g/mol. The van der Waals surface area contributed by atoms with E-state index in [2.05, 4.69) is 15.6 Å². The number of halogens is 3. The van der Waals surface area contributed by atoms with Gasteiger partial charge in [-0.25, -0.2) is 18.6 Å². The van der Waals surface area contributed by atoms with E-state index in [4.69, 9.17) is 11.6 Å². The Morgan fingerprint density at radius 1 is 1.19 bits per heavy atom. The predicted molar refractivity (Wildman–Crippen MR) is 95.0 cm³/mol. The van der Waals surface area contributed by atoms with Crippen molar-refractivity contribution in [3.8, 4) is 0 Å². The highest BCUT2D eigenvalue weighted by Crippen LogP contribution is 2.23. The Bertz CT molecular complexity index is 927. The molecule has 3 aromatic rings. The first-order valence-corrected chi connectivity index (χ1v) is 8.07. The molecule has 0 saturated heterocycles. The summed E-state index contributed by atoms with van der Waals surface area (Å²) in [5, 5.41) is 5.69. The number of amides is 2. The summed E-state index contributed by atoms with van der Waals surface area (Å²) in [6, 6.07) is 8.61. The lowest BCUT2D eigenvalue weighted by Gasteiger charge is -2.19. The zero-order chi connectivity index (χ0) is 18.7. The second-order valence-electron chi connectivity index (χ2n) is 5.60. The SMILES string of the molecule is Cn1ccnc1[C@H](NC(=O)Nc1ccc(F)cc1F)c1ccc(Cl)cc1. The van der Waals surface area contributed by atoms with Crippen LogP contribution < -0.4 is 10.6 Å². The minimum absolute atomic E-state index is 0.126. The van der Waals surface area contributed by atoms with Gasteiger partial charge in [-0.05, 0) is 29.8 Å². The number of carbonyl (C=O) groups is 1. The summed E-state index contributed by atoms with van der Waals surface area (Å²) >= 11 is 5.92. The summed E-state index contributed by atoms with van der Waals surface area (Å²) in [6.07, 6.45) is 3.36. The highest BCUT2D eigenvalue weighted by atomic mass is 35.5. The highest BCUT2D eigenvalue weighted by molar-refractivity contribution is 6.30. The van der Waals surface area contributed by atoms with Crippen molar-refractivity contribution in [2.45, 2.75) is 6.04 Å². The van der Waals surface area contributed by atoms with Crippen LogP contribution in [-0.2, 0) is 7.05 Å². The number of rotatable bonds is 4. The molecule has 8 heteroatoms. The minimum atomic E-state index is -0.861. The van der Waals surface area contributed by atoms with E-state index in [0.717, 1.165) is 17.7 Å². The van der Waals surface area contributed by atoms with Gasteiger partial charge in [-0.2, -0.15) is 0 Å². The lowest BCUT2D eigenvalue weighted by Crippen LogP contribution is -2.34. The van der Waals surface area contributed by atoms with Crippen molar-refractivity contribution in [2.75, 3.05) is 5.32 Å². The summed E-state index contributed by atoms with van der Waals surface area (Å²) < 4.78 is 28.5. The molecule has 0 unspecified atom stereocenters. The van der Waals surface area contributed by atoms with Gasteiger partial charge in [0.1, 0.15) is 23.5 Å². The standard InChI is InChI=1S/C18H15ClF2N4O/c1-25-9-8-22-17(25)16(11-2-4-12(19)5-3-11)24-18(26)23-15-7-6-13(20)10-14(15)21/h2-10,16H,1H3,(H2,23,24,26)/t16-/m1/s1. The van der Waals surface area contributed by atoms with Crippen molar-refractivity contribution in [3.63, 3.8) is 0 Å². The normalized spacial score (nSPS) is 11.8. The fourth-order valence-corrected chi connectivity index (χ4v) is 2.61. The molecule has 5 nitrogen and oxygen atoms in total. The lowest BCUT2D eigenvalue weighted by molar-refractivity contribution is 0.249. The second-order valence-corrected chi connectivity index (χ2v) is 6.04. The number of hydrogen-bond acceptors (Lipinski definition) is 2. The van der Waals surface area contributed by atoms with Crippen LogP contribution in [0.3, 0.4) is 0 Å². The molecule has 0 aliphatic carbocycles. The molecular formula is C18H15ClF2N4O. The quantitative estimate of drug-likeness (QED) is 0.714. The molecule has 0 spiro atoms. The van der Waals surface area contributed by atoms with E-state index < -0.39 is 23.7 Å². The maximum atomic E-state index is 13.7. The van der Waals surface area contributed by atoms with Crippen LogP contribution in [0.4, 0.5) is 19.3 Å². The van der Waals surface area contributed by atoms with Crippen molar-refractivity contribution < 1.29 is 13.6 Å². The molecule has 0 aliphatic rings. The smallest absolute Gasteiger partial charge is 0.320 e. The van der Waals surface area contributed by atoms with Gasteiger partial charge >= 0.3 is 6.03 Å². The van der Waals surface area contributed by atoms with E-state index in [-0.39, 0.29) is 5.69 Å². The number of anilines is 1. The molecule has 0 bridgehead atoms. The van der Waals surface area contributed by atoms with Crippen molar-refractivity contribution in [1.82, 2.24) is 14.9 Å². The average molecular weight is 377 g/mol. The van der Waals surface area contributed by atoms with Crippen LogP contribution in [0, 0.1) is 11.6 Å². The van der Waals surface area contributed by atoms with Gasteiger partial charge in [-0.3, -0.25) is 0 Å². The molecule has 2 N–H and O–H groups in total. The molecule has 1 heterocycles. The van der Waals surface area contributed by atoms with Crippen LogP contribution >= 0.6 is 11.6 Å². The molecule has 26 heavy (non-hydrogen) atoms. The van der Waals surface area contributed by atoms with Crippen LogP contribution in [0.1, 0.15) is 17.4 Å². The molecule has 1 aromatic heterocycles. The summed E-state index contributed by atoms with van der Waals surface area (Å²) in [6.45, 7) is 0. The van der Waals surface area contributed by atoms with Crippen LogP contribution in [0.15, 0.2) is 54.9 Å². The van der Waals surface area contributed by atoms with Gasteiger partial charge in [-0.1, -0.05) is 23.7 Å². The lowest BCUT2D eigenvalue weighted by atomic mass is 10.1. The van der Waals surface area contributed by atoms with Crippen LogP contribution in [0.2, 0.25) is 5.02 Å². The zero-order valence-corrected chi connectivity index (χ0v) is 14.5. The molecule has 2 amide bonds. The Morgan fingerprint density at radius 3 is 2.54 bits per heavy atom. The van der Waals surface area contributed by atoms with Crippen LogP contribution in [0.5, 0.6) is 0 Å². The Balaban J connectivity index is 1.84. The van der Waals surface area contributed by atoms with Crippen molar-refractivity contribution >= 4 is 23.3 Å². The van der Waals surface area contributed by atoms with Gasteiger partial charge in [0.25, 0.3) is 0 Å². The first-order chi connectivity index (χ1) is 12.4. The molecule has 1 atom stereocenters. The second kappa shape index (κ2) is 7.53. The van der Waals surface area contributed by atoms with Crippen molar-refractivity contribution in [3.05, 3.63) is 82.9 Å². The number of benzene rings is 2. The summed E-state index contributed by atoms with van der Waals surface area (Å²) in [7, 11) is 1.80. The predicted octanol–water partition coefficient (Wildman–Crippen LogP) is 4.26. The third-order valence-electron chi connectivity index (χ3n) is 3.77. The van der Waals surface area contributed by atoms with Gasteiger partial charge in [0, 0.05) is 30.5 Å². The maximum absolute atomic E-state index is 13.7. The third kappa shape index (κ3) is 4.00. The minimum Gasteiger partial charge on any atom is -0.336 e. The fourth-order valence-electron chi connectivity index (χ4n) is 2.49. The molecule has 0 radical (unpaired) electrons. The number of hydrogen-bond donors (Lipinski definition) is 2. The largest absolute Gasteiger partial charge is 0.336 e. The zero-order valence-electron chi connectivity index (χ0n) is 13.7. The number of nitrogens with one attached hydrogen (secondary N) is 2. The van der Waals surface area contributed by atoms with Gasteiger partial charge in [-0.15, -0.1) is 0 Å². The number of nitrogens with zero attached hydrogens (tertiary/aromatic N) is 2. The number of imidazole rings is 1. The van der Waals surface area contributed by atoms with E-state index in [1.807, 2.05) is 0 Å². The van der Waals surface area contributed by atoms with E-state index in [9.17, 15) is 13.6 Å². The summed E-state index contributed by atoms with van der Waals surface area (Å²) in [5.41, 5.74) is 0.622. The number of urea groups is 1. The monoisotopic (exact) mass is 376 g/mol. The summed E-state index contributed by atoms with van der Waals surface area (Å²) in [5.74, 6) is -0.997. The Labute approximate surface area is 153 Å². The van der Waals surface area contributed by atoms with Crippen LogP contribution in [0.25, 0.3) is 0 Å². The summed E-state index contributed by atoms with van der Waals surface area (Å²) in [4.78, 5) is 16.6. The van der Waals surface area contributed by atoms with E-state index >= 15 is 0 Å². The number of carbonyl (C=O) groups excluding carboxylic acids is 1. The maximum Gasteiger partial charge on any atom is 0.320 e. The Morgan fingerprint density at radius 2 is 1.92 bits per heavy atom. The molecule has 2 aromatic carbocycles. The van der Waals surface area contributed by atoms with Crippen molar-refractivity contribution in [2.24, 2.45) is 7.05 Å². The molecule has 134 valence electrons. The number of aromatic nitrogens is 2. The molecule has 0 fully saturated rings. The van der Waals surface area contributed by atoms with Gasteiger partial charge in [0.2, 0.25) is 0 Å². The average Bonchev–Trinajstić information content (AvgIpc) is 3.02. The van der Waals surface area contributed by atoms with Crippen molar-refractivity contribution in [1.29, 1.82) is 0 Å². The van der Waals surface area contributed by atoms with Gasteiger partial charge in [0.05, 0.1) is 5.69 Å². The Kier molecular flexibility index (Phi) is 5.18. The Hall–Kier alpha value is -2.93. The van der Waals surface area contributed by atoms with Gasteiger partial charge in [0.15, 0.2) is 0 Å². The van der Waals surface area contributed by atoms with Crippen LogP contribution in [-0.4, -0.2) is 15.6 Å². The van der Waals surface area contributed by atoms with E-state index in [1.54, 1.807) is 48.3 Å². The molecule has 0 saturated carbocycles. The third-order valence-corrected chi connectivity index (χ3v) is 4.03. The fraction of sp³-hybridized carbons (Fsp3) is 0.111. The van der Waals surface area contributed by atoms with Gasteiger partial charge < -0.3 is 15.2 Å². The number of aryl methyl sites for hydroxylation is 1. The molecule has 3 rings (SSSR count). The van der Waals surface area contributed by atoms with E-state index in [0.29, 0.717) is 16.9 Å². The first-order valence-electron chi connectivity index (χ1n) is 7.69. The topological polar surface area (TPSA) is 59.0 Å².